The fraction of sp³-hybridized carbons (Fsp3) is 0.947. The van der Waals surface area contributed by atoms with E-state index in [1.54, 1.807) is 0 Å². The van der Waals surface area contributed by atoms with Gasteiger partial charge >= 0.3 is 5.97 Å². The van der Waals surface area contributed by atoms with Crippen molar-refractivity contribution in [2.45, 2.75) is 76.9 Å². The van der Waals surface area contributed by atoms with Crippen LogP contribution in [0.25, 0.3) is 0 Å². The summed E-state index contributed by atoms with van der Waals surface area (Å²) in [6, 6.07) is 0. The topological polar surface area (TPSA) is 116 Å². The average Bonchev–Trinajstić information content (AvgIpc) is 2.66. The van der Waals surface area contributed by atoms with Gasteiger partial charge in [0, 0.05) is 0 Å². The van der Waals surface area contributed by atoms with Crippen molar-refractivity contribution in [1.29, 1.82) is 0 Å². The number of carbonyl (C=O) groups is 1. The first-order chi connectivity index (χ1) is 12.6. The van der Waals surface area contributed by atoms with Crippen molar-refractivity contribution >= 4 is 5.97 Å². The lowest BCUT2D eigenvalue weighted by molar-refractivity contribution is -0.160. The van der Waals surface area contributed by atoms with E-state index in [1.165, 1.54) is 32.1 Å². The molecule has 0 aromatic heterocycles. The molecule has 0 radical (unpaired) electrons. The van der Waals surface area contributed by atoms with Crippen molar-refractivity contribution in [3.05, 3.63) is 0 Å². The maximum Gasteiger partial charge on any atom is 0.311 e. The molecule has 4 N–H and O–H groups in total. The highest BCUT2D eigenvalue weighted by molar-refractivity contribution is 5.73. The summed E-state index contributed by atoms with van der Waals surface area (Å²) < 4.78 is 10.4. The second kappa shape index (κ2) is 17.7. The van der Waals surface area contributed by atoms with Gasteiger partial charge in [0.15, 0.2) is 0 Å². The molecule has 0 bridgehead atoms. The number of hydrogen-bond acceptors (Lipinski definition) is 7. The zero-order valence-corrected chi connectivity index (χ0v) is 16.1. The van der Waals surface area contributed by atoms with Gasteiger partial charge in [-0.05, 0) is 6.42 Å². The van der Waals surface area contributed by atoms with Gasteiger partial charge in [-0.3, -0.25) is 4.79 Å². The lowest BCUT2D eigenvalue weighted by Crippen LogP contribution is -2.37. The fourth-order valence-electron chi connectivity index (χ4n) is 2.79. The highest BCUT2D eigenvalue weighted by Gasteiger charge is 2.30. The van der Waals surface area contributed by atoms with E-state index in [4.69, 9.17) is 19.7 Å². The summed E-state index contributed by atoms with van der Waals surface area (Å²) >= 11 is 0. The van der Waals surface area contributed by atoms with Crippen LogP contribution in [0.15, 0.2) is 0 Å². The third kappa shape index (κ3) is 12.6. The molecular formula is C19H38O7. The molecule has 0 heterocycles. The van der Waals surface area contributed by atoms with Crippen molar-refractivity contribution < 1.29 is 34.7 Å². The molecule has 156 valence electrons. The highest BCUT2D eigenvalue weighted by Crippen LogP contribution is 2.20. The van der Waals surface area contributed by atoms with Crippen molar-refractivity contribution in [2.75, 3.05) is 33.0 Å². The van der Waals surface area contributed by atoms with Gasteiger partial charge in [0.2, 0.25) is 0 Å². The molecule has 0 saturated heterocycles. The standard InChI is InChI=1S/C19H38O7/c1-2-3-4-5-6-7-8-9-10-17(18(14-22)25-12-11-20)19(24)26-15-16(23)13-21/h16-18,20-23H,2-15H2,1H3. The molecule has 3 atom stereocenters. The Bertz CT molecular complexity index is 325. The molecular weight excluding hydrogens is 340 g/mol. The van der Waals surface area contributed by atoms with E-state index in [1.807, 2.05) is 0 Å². The van der Waals surface area contributed by atoms with Crippen LogP contribution in [0.4, 0.5) is 0 Å². The van der Waals surface area contributed by atoms with E-state index in [-0.39, 0.29) is 26.4 Å². The molecule has 7 heteroatoms. The smallest absolute Gasteiger partial charge is 0.311 e. The van der Waals surface area contributed by atoms with Crippen molar-refractivity contribution in [1.82, 2.24) is 0 Å². The van der Waals surface area contributed by atoms with Crippen LogP contribution in [0.3, 0.4) is 0 Å². The number of ether oxygens (including phenoxy) is 2. The fourth-order valence-corrected chi connectivity index (χ4v) is 2.79. The maximum atomic E-state index is 12.3. The molecule has 0 aromatic carbocycles. The van der Waals surface area contributed by atoms with E-state index in [9.17, 15) is 15.0 Å². The molecule has 0 fully saturated rings. The normalized spacial score (nSPS) is 14.8. The Hall–Kier alpha value is -0.730. The first-order valence-corrected chi connectivity index (χ1v) is 9.89. The van der Waals surface area contributed by atoms with E-state index < -0.39 is 30.7 Å². The van der Waals surface area contributed by atoms with Crippen LogP contribution in [-0.4, -0.2) is 71.6 Å². The lowest BCUT2D eigenvalue weighted by atomic mass is 9.95. The summed E-state index contributed by atoms with van der Waals surface area (Å²) in [7, 11) is 0. The molecule has 0 aliphatic rings. The summed E-state index contributed by atoms with van der Waals surface area (Å²) in [6.45, 7) is 0.904. The van der Waals surface area contributed by atoms with Crippen LogP contribution in [-0.2, 0) is 14.3 Å². The Morgan fingerprint density at radius 3 is 2.08 bits per heavy atom. The molecule has 26 heavy (non-hydrogen) atoms. The third-order valence-electron chi connectivity index (χ3n) is 4.35. The second-order valence-electron chi connectivity index (χ2n) is 6.65. The molecule has 0 rings (SSSR count). The Balaban J connectivity index is 4.36. The Morgan fingerprint density at radius 1 is 0.923 bits per heavy atom. The van der Waals surface area contributed by atoms with Gasteiger partial charge in [0.05, 0.1) is 38.4 Å². The first kappa shape index (κ1) is 25.3. The van der Waals surface area contributed by atoms with Crippen LogP contribution in [0.5, 0.6) is 0 Å². The molecule has 0 amide bonds. The van der Waals surface area contributed by atoms with Crippen molar-refractivity contribution in [3.63, 3.8) is 0 Å². The summed E-state index contributed by atoms with van der Waals surface area (Å²) in [6.07, 6.45) is 7.75. The molecule has 0 saturated carbocycles. The van der Waals surface area contributed by atoms with Gasteiger partial charge in [-0.2, -0.15) is 0 Å². The number of carbonyl (C=O) groups excluding carboxylic acids is 1. The second-order valence-corrected chi connectivity index (χ2v) is 6.65. The van der Waals surface area contributed by atoms with E-state index in [0.717, 1.165) is 19.3 Å². The zero-order valence-electron chi connectivity index (χ0n) is 16.1. The van der Waals surface area contributed by atoms with Gasteiger partial charge in [-0.25, -0.2) is 0 Å². The molecule has 0 spiro atoms. The van der Waals surface area contributed by atoms with E-state index in [2.05, 4.69) is 6.92 Å². The molecule has 3 unspecified atom stereocenters. The highest BCUT2D eigenvalue weighted by atomic mass is 16.6. The zero-order chi connectivity index (χ0) is 19.6. The van der Waals surface area contributed by atoms with Gasteiger partial charge in [0.25, 0.3) is 0 Å². The number of rotatable bonds is 18. The van der Waals surface area contributed by atoms with Crippen LogP contribution in [0.2, 0.25) is 0 Å². The minimum atomic E-state index is -1.12. The van der Waals surface area contributed by atoms with Crippen LogP contribution >= 0.6 is 0 Å². The quantitative estimate of drug-likeness (QED) is 0.210. The number of hydrogen-bond donors (Lipinski definition) is 4. The third-order valence-corrected chi connectivity index (χ3v) is 4.35. The summed E-state index contributed by atoms with van der Waals surface area (Å²) in [5, 5.41) is 36.5. The lowest BCUT2D eigenvalue weighted by Gasteiger charge is -2.24. The largest absolute Gasteiger partial charge is 0.463 e. The van der Waals surface area contributed by atoms with Crippen LogP contribution < -0.4 is 0 Å². The predicted octanol–water partition coefficient (Wildman–Crippen LogP) is 1.40. The first-order valence-electron chi connectivity index (χ1n) is 9.89. The van der Waals surface area contributed by atoms with Gasteiger partial charge in [-0.15, -0.1) is 0 Å². The number of unbranched alkanes of at least 4 members (excludes halogenated alkanes) is 7. The summed E-state index contributed by atoms with van der Waals surface area (Å²) in [5.41, 5.74) is 0. The van der Waals surface area contributed by atoms with Gasteiger partial charge < -0.3 is 29.9 Å². The van der Waals surface area contributed by atoms with Crippen molar-refractivity contribution in [3.8, 4) is 0 Å². The minimum Gasteiger partial charge on any atom is -0.463 e. The van der Waals surface area contributed by atoms with E-state index >= 15 is 0 Å². The summed E-state index contributed by atoms with van der Waals surface area (Å²) in [4.78, 5) is 12.3. The minimum absolute atomic E-state index is 0.0334. The molecule has 0 aliphatic carbocycles. The molecule has 0 aromatic rings. The van der Waals surface area contributed by atoms with Gasteiger partial charge in [0.1, 0.15) is 12.7 Å². The number of aliphatic hydroxyl groups excluding tert-OH is 4. The Labute approximate surface area is 157 Å². The average molecular weight is 379 g/mol. The maximum absolute atomic E-state index is 12.3. The van der Waals surface area contributed by atoms with Crippen LogP contribution in [0, 0.1) is 5.92 Å². The monoisotopic (exact) mass is 378 g/mol. The summed E-state index contributed by atoms with van der Waals surface area (Å²) in [5.74, 6) is -1.21. The van der Waals surface area contributed by atoms with Gasteiger partial charge in [-0.1, -0.05) is 58.3 Å². The Morgan fingerprint density at radius 2 is 1.54 bits per heavy atom. The number of aliphatic hydroxyl groups is 4. The Kier molecular flexibility index (Phi) is 17.2. The van der Waals surface area contributed by atoms with E-state index in [0.29, 0.717) is 6.42 Å². The molecule has 7 nitrogen and oxygen atoms in total. The SMILES string of the molecule is CCCCCCCCCCC(C(=O)OCC(O)CO)C(CO)OCCO. The number of esters is 1. The van der Waals surface area contributed by atoms with Crippen LogP contribution in [0.1, 0.15) is 64.7 Å². The molecule has 0 aliphatic heterocycles. The van der Waals surface area contributed by atoms with Crippen molar-refractivity contribution in [2.24, 2.45) is 5.92 Å². The predicted molar refractivity (Wildman–Crippen MR) is 98.7 cm³/mol.